The minimum Gasteiger partial charge on any atom is -0.330 e. The molecule has 13 heavy (non-hydrogen) atoms. The Morgan fingerprint density at radius 2 is 2.31 bits per heavy atom. The number of aryl methyl sites for hydroxylation is 1. The lowest BCUT2D eigenvalue weighted by Crippen LogP contribution is -2.18. The van der Waals surface area contributed by atoms with Crippen molar-refractivity contribution in [3.05, 3.63) is 29.3 Å². The molecule has 0 heterocycles. The summed E-state index contributed by atoms with van der Waals surface area (Å²) in [5.74, 6) is 0.581. The first-order chi connectivity index (χ1) is 6.31. The summed E-state index contributed by atoms with van der Waals surface area (Å²) in [4.78, 5) is 1.07. The van der Waals surface area contributed by atoms with E-state index in [0.717, 1.165) is 11.4 Å². The standard InChI is InChI=1S/C11H15NS/c12-7-9-3-1-2-8-6-10(13)4-5-11(8)9/h4-6,9,13H,1-3,7,12H2/t9-/m0/s1. The average molecular weight is 193 g/mol. The first-order valence-corrected chi connectivity index (χ1v) is 5.28. The molecule has 0 fully saturated rings. The van der Waals surface area contributed by atoms with Crippen molar-refractivity contribution in [1.29, 1.82) is 0 Å². The van der Waals surface area contributed by atoms with Crippen molar-refractivity contribution in [1.82, 2.24) is 0 Å². The lowest BCUT2D eigenvalue weighted by Gasteiger charge is -2.24. The van der Waals surface area contributed by atoms with Crippen LogP contribution in [-0.2, 0) is 6.42 Å². The van der Waals surface area contributed by atoms with E-state index in [2.05, 4.69) is 30.8 Å². The Kier molecular flexibility index (Phi) is 2.61. The van der Waals surface area contributed by atoms with Gasteiger partial charge in [-0.2, -0.15) is 0 Å². The third kappa shape index (κ3) is 1.74. The monoisotopic (exact) mass is 193 g/mol. The van der Waals surface area contributed by atoms with Crippen LogP contribution in [0.3, 0.4) is 0 Å². The molecular weight excluding hydrogens is 178 g/mol. The Balaban J connectivity index is 2.40. The minimum atomic E-state index is 0.581. The summed E-state index contributed by atoms with van der Waals surface area (Å²) in [6.45, 7) is 0.777. The van der Waals surface area contributed by atoms with E-state index in [4.69, 9.17) is 5.73 Å². The maximum absolute atomic E-state index is 5.74. The zero-order valence-corrected chi connectivity index (χ0v) is 8.56. The highest BCUT2D eigenvalue weighted by atomic mass is 32.1. The minimum absolute atomic E-state index is 0.581. The van der Waals surface area contributed by atoms with E-state index in [1.807, 2.05) is 0 Å². The van der Waals surface area contributed by atoms with Crippen LogP contribution < -0.4 is 5.73 Å². The normalized spacial score (nSPS) is 21.2. The number of fused-ring (bicyclic) bond motifs is 1. The average Bonchev–Trinajstić information content (AvgIpc) is 2.16. The SMILES string of the molecule is NC[C@@H]1CCCc2cc(S)ccc21. The second kappa shape index (κ2) is 3.72. The number of thiol groups is 1. The molecule has 0 bridgehead atoms. The third-order valence-electron chi connectivity index (χ3n) is 2.85. The quantitative estimate of drug-likeness (QED) is 0.658. The largest absolute Gasteiger partial charge is 0.330 e. The second-order valence-electron chi connectivity index (χ2n) is 3.71. The molecule has 1 aliphatic carbocycles. The highest BCUT2D eigenvalue weighted by Crippen LogP contribution is 2.31. The highest BCUT2D eigenvalue weighted by molar-refractivity contribution is 7.80. The number of rotatable bonds is 1. The fraction of sp³-hybridized carbons (Fsp3) is 0.455. The Morgan fingerprint density at radius 3 is 3.08 bits per heavy atom. The van der Waals surface area contributed by atoms with Gasteiger partial charge in [0.05, 0.1) is 0 Å². The van der Waals surface area contributed by atoms with Crippen molar-refractivity contribution >= 4 is 12.6 Å². The molecule has 70 valence electrons. The Hall–Kier alpha value is -0.470. The van der Waals surface area contributed by atoms with Gasteiger partial charge >= 0.3 is 0 Å². The molecule has 2 N–H and O–H groups in total. The van der Waals surface area contributed by atoms with E-state index in [1.165, 1.54) is 30.4 Å². The van der Waals surface area contributed by atoms with Gasteiger partial charge in [-0.25, -0.2) is 0 Å². The predicted molar refractivity (Wildman–Crippen MR) is 58.4 cm³/mol. The van der Waals surface area contributed by atoms with E-state index in [9.17, 15) is 0 Å². The van der Waals surface area contributed by atoms with Gasteiger partial charge in [-0.1, -0.05) is 6.07 Å². The van der Waals surface area contributed by atoms with Crippen LogP contribution in [-0.4, -0.2) is 6.54 Å². The van der Waals surface area contributed by atoms with E-state index >= 15 is 0 Å². The van der Waals surface area contributed by atoms with Gasteiger partial charge < -0.3 is 5.73 Å². The van der Waals surface area contributed by atoms with E-state index in [-0.39, 0.29) is 0 Å². The van der Waals surface area contributed by atoms with Gasteiger partial charge in [-0.05, 0) is 55.0 Å². The van der Waals surface area contributed by atoms with Crippen LogP contribution in [0.15, 0.2) is 23.1 Å². The molecule has 1 aromatic rings. The first kappa shape index (κ1) is 9.10. The molecule has 0 aliphatic heterocycles. The van der Waals surface area contributed by atoms with Crippen molar-refractivity contribution in [2.75, 3.05) is 6.54 Å². The summed E-state index contributed by atoms with van der Waals surface area (Å²) >= 11 is 4.35. The fourth-order valence-corrected chi connectivity index (χ4v) is 2.38. The van der Waals surface area contributed by atoms with Crippen molar-refractivity contribution < 1.29 is 0 Å². The summed E-state index contributed by atoms with van der Waals surface area (Å²) in [5, 5.41) is 0. The molecule has 0 spiro atoms. The molecule has 2 heteroatoms. The maximum atomic E-state index is 5.74. The van der Waals surface area contributed by atoms with Gasteiger partial charge in [0.25, 0.3) is 0 Å². The van der Waals surface area contributed by atoms with Gasteiger partial charge in [-0.3, -0.25) is 0 Å². The topological polar surface area (TPSA) is 26.0 Å². The molecule has 1 atom stereocenters. The number of nitrogens with two attached hydrogens (primary N) is 1. The zero-order valence-electron chi connectivity index (χ0n) is 7.66. The third-order valence-corrected chi connectivity index (χ3v) is 3.13. The van der Waals surface area contributed by atoms with Crippen molar-refractivity contribution in [3.63, 3.8) is 0 Å². The van der Waals surface area contributed by atoms with Crippen molar-refractivity contribution in [2.45, 2.75) is 30.1 Å². The van der Waals surface area contributed by atoms with Gasteiger partial charge in [-0.15, -0.1) is 12.6 Å². The molecule has 0 saturated heterocycles. The molecule has 0 aromatic heterocycles. The van der Waals surface area contributed by atoms with Crippen molar-refractivity contribution in [3.8, 4) is 0 Å². The van der Waals surface area contributed by atoms with Crippen LogP contribution in [0.1, 0.15) is 29.9 Å². The smallest absolute Gasteiger partial charge is 0.00429 e. The number of hydrogen-bond acceptors (Lipinski definition) is 2. The highest BCUT2D eigenvalue weighted by Gasteiger charge is 2.18. The van der Waals surface area contributed by atoms with E-state index in [0.29, 0.717) is 5.92 Å². The van der Waals surface area contributed by atoms with Crippen LogP contribution in [0.2, 0.25) is 0 Å². The molecule has 1 aliphatic rings. The lowest BCUT2D eigenvalue weighted by atomic mass is 9.83. The number of benzene rings is 1. The molecular formula is C11H15NS. The van der Waals surface area contributed by atoms with Gasteiger partial charge in [0, 0.05) is 4.90 Å². The van der Waals surface area contributed by atoms with Crippen LogP contribution in [0.5, 0.6) is 0 Å². The second-order valence-corrected chi connectivity index (χ2v) is 4.22. The molecule has 0 radical (unpaired) electrons. The summed E-state index contributed by atoms with van der Waals surface area (Å²) in [5.41, 5.74) is 8.64. The lowest BCUT2D eigenvalue weighted by molar-refractivity contribution is 0.560. The van der Waals surface area contributed by atoms with E-state index < -0.39 is 0 Å². The fourth-order valence-electron chi connectivity index (χ4n) is 2.15. The van der Waals surface area contributed by atoms with Gasteiger partial charge in [0.15, 0.2) is 0 Å². The summed E-state index contributed by atoms with van der Waals surface area (Å²) in [6, 6.07) is 6.44. The molecule has 0 saturated carbocycles. The van der Waals surface area contributed by atoms with Crippen LogP contribution in [0, 0.1) is 0 Å². The molecule has 1 aromatic carbocycles. The Bertz CT molecular complexity index is 309. The summed E-state index contributed by atoms with van der Waals surface area (Å²) in [6.07, 6.45) is 3.71. The predicted octanol–water partition coefficient (Wildman–Crippen LogP) is 2.35. The van der Waals surface area contributed by atoms with Crippen molar-refractivity contribution in [2.24, 2.45) is 5.73 Å². The van der Waals surface area contributed by atoms with Crippen LogP contribution >= 0.6 is 12.6 Å². The molecule has 1 nitrogen and oxygen atoms in total. The van der Waals surface area contributed by atoms with E-state index in [1.54, 1.807) is 0 Å². The Morgan fingerprint density at radius 1 is 1.46 bits per heavy atom. The van der Waals surface area contributed by atoms with Crippen LogP contribution in [0.4, 0.5) is 0 Å². The van der Waals surface area contributed by atoms with Crippen LogP contribution in [0.25, 0.3) is 0 Å². The summed E-state index contributed by atoms with van der Waals surface area (Å²) in [7, 11) is 0. The zero-order chi connectivity index (χ0) is 9.26. The first-order valence-electron chi connectivity index (χ1n) is 4.83. The van der Waals surface area contributed by atoms with Gasteiger partial charge in [0.2, 0.25) is 0 Å². The number of hydrogen-bond donors (Lipinski definition) is 2. The maximum Gasteiger partial charge on any atom is 0.00429 e. The summed E-state index contributed by atoms with van der Waals surface area (Å²) < 4.78 is 0. The molecule has 2 rings (SSSR count). The molecule has 0 amide bonds. The Labute approximate surface area is 84.7 Å². The molecule has 0 unspecified atom stereocenters. The van der Waals surface area contributed by atoms with Gasteiger partial charge in [0.1, 0.15) is 0 Å².